The van der Waals surface area contributed by atoms with Crippen molar-refractivity contribution in [2.75, 3.05) is 6.54 Å². The summed E-state index contributed by atoms with van der Waals surface area (Å²) in [5.74, 6) is 0.934. The first kappa shape index (κ1) is 16.6. The molecule has 0 atom stereocenters. The molecule has 0 fully saturated rings. The number of nitro groups is 1. The van der Waals surface area contributed by atoms with Crippen molar-refractivity contribution in [3.05, 3.63) is 39.7 Å². The van der Waals surface area contributed by atoms with Crippen LogP contribution in [0.1, 0.15) is 33.3 Å². The van der Waals surface area contributed by atoms with E-state index in [1.54, 1.807) is 6.07 Å². The van der Waals surface area contributed by atoms with Crippen LogP contribution in [0.15, 0.2) is 18.2 Å². The van der Waals surface area contributed by atoms with Gasteiger partial charge >= 0.3 is 5.69 Å². The Balaban J connectivity index is 2.58. The van der Waals surface area contributed by atoms with E-state index in [9.17, 15) is 14.5 Å². The highest BCUT2D eigenvalue weighted by Gasteiger charge is 2.17. The third kappa shape index (κ3) is 4.56. The van der Waals surface area contributed by atoms with Crippen LogP contribution in [0.25, 0.3) is 0 Å². The van der Waals surface area contributed by atoms with Crippen LogP contribution >= 0.6 is 0 Å². The van der Waals surface area contributed by atoms with Gasteiger partial charge in [0.05, 0.1) is 4.92 Å². The minimum absolute atomic E-state index is 0.476. The number of halogens is 1. The summed E-state index contributed by atoms with van der Waals surface area (Å²) in [6.07, 6.45) is 0. The standard InChI is InChI=1S/C15H23FN2O2/c1-10(2)13(11(3)4)9-17-8-12-5-6-15(18(19)20)14(16)7-12/h5-7,10-11,13,17H,8-9H2,1-4H3. The van der Waals surface area contributed by atoms with E-state index in [1.807, 2.05) is 0 Å². The molecule has 112 valence electrons. The first-order valence-corrected chi connectivity index (χ1v) is 6.96. The molecule has 0 aliphatic rings. The number of rotatable bonds is 7. The van der Waals surface area contributed by atoms with Crippen LogP contribution in [-0.4, -0.2) is 11.5 Å². The van der Waals surface area contributed by atoms with Gasteiger partial charge < -0.3 is 5.32 Å². The molecule has 0 heterocycles. The van der Waals surface area contributed by atoms with Crippen molar-refractivity contribution >= 4 is 5.69 Å². The second kappa shape index (κ2) is 7.33. The molecular formula is C15H23FN2O2. The van der Waals surface area contributed by atoms with Crippen molar-refractivity contribution in [2.24, 2.45) is 17.8 Å². The summed E-state index contributed by atoms with van der Waals surface area (Å²) in [5.41, 5.74) is 0.246. The summed E-state index contributed by atoms with van der Waals surface area (Å²) in [6, 6.07) is 4.04. The Morgan fingerprint density at radius 1 is 1.25 bits per heavy atom. The molecule has 1 N–H and O–H groups in total. The second-order valence-electron chi connectivity index (χ2n) is 5.83. The average Bonchev–Trinajstić information content (AvgIpc) is 2.33. The monoisotopic (exact) mass is 282 g/mol. The van der Waals surface area contributed by atoms with Gasteiger partial charge in [0, 0.05) is 12.6 Å². The fourth-order valence-electron chi connectivity index (χ4n) is 2.43. The van der Waals surface area contributed by atoms with Gasteiger partial charge in [-0.25, -0.2) is 0 Å². The summed E-state index contributed by atoms with van der Waals surface area (Å²) in [4.78, 5) is 9.83. The zero-order chi connectivity index (χ0) is 15.3. The molecule has 4 nitrogen and oxygen atoms in total. The van der Waals surface area contributed by atoms with Crippen molar-refractivity contribution < 1.29 is 9.31 Å². The fourth-order valence-corrected chi connectivity index (χ4v) is 2.43. The van der Waals surface area contributed by atoms with Crippen molar-refractivity contribution in [3.8, 4) is 0 Å². The fraction of sp³-hybridized carbons (Fsp3) is 0.600. The van der Waals surface area contributed by atoms with Crippen molar-refractivity contribution in [3.63, 3.8) is 0 Å². The molecule has 5 heteroatoms. The van der Waals surface area contributed by atoms with Gasteiger partial charge in [0.1, 0.15) is 0 Å². The Kier molecular flexibility index (Phi) is 6.07. The van der Waals surface area contributed by atoms with Crippen LogP contribution in [0.4, 0.5) is 10.1 Å². The zero-order valence-corrected chi connectivity index (χ0v) is 12.5. The molecule has 0 unspecified atom stereocenters. The van der Waals surface area contributed by atoms with Crippen molar-refractivity contribution in [1.29, 1.82) is 0 Å². The van der Waals surface area contributed by atoms with Crippen LogP contribution in [0.2, 0.25) is 0 Å². The maximum Gasteiger partial charge on any atom is 0.304 e. The predicted molar refractivity (Wildman–Crippen MR) is 77.9 cm³/mol. The first-order chi connectivity index (χ1) is 9.32. The van der Waals surface area contributed by atoms with E-state index in [1.165, 1.54) is 12.1 Å². The number of hydrogen-bond donors (Lipinski definition) is 1. The Bertz CT molecular complexity index is 453. The minimum Gasteiger partial charge on any atom is -0.312 e. The Morgan fingerprint density at radius 2 is 1.85 bits per heavy atom. The summed E-state index contributed by atoms with van der Waals surface area (Å²) in [6.45, 7) is 10.1. The lowest BCUT2D eigenvalue weighted by atomic mass is 9.85. The highest BCUT2D eigenvalue weighted by atomic mass is 19.1. The quantitative estimate of drug-likeness (QED) is 0.612. The lowest BCUT2D eigenvalue weighted by Crippen LogP contribution is -2.29. The molecule has 1 aromatic carbocycles. The summed E-state index contributed by atoms with van der Waals surface area (Å²) in [7, 11) is 0. The Hall–Kier alpha value is -1.49. The third-order valence-electron chi connectivity index (χ3n) is 3.63. The van der Waals surface area contributed by atoms with Gasteiger partial charge in [-0.2, -0.15) is 4.39 Å². The smallest absolute Gasteiger partial charge is 0.304 e. The number of nitrogens with one attached hydrogen (secondary N) is 1. The number of benzene rings is 1. The molecular weight excluding hydrogens is 259 g/mol. The van der Waals surface area contributed by atoms with E-state index in [4.69, 9.17) is 0 Å². The highest BCUT2D eigenvalue weighted by molar-refractivity contribution is 5.34. The molecule has 1 rings (SSSR count). The summed E-state index contributed by atoms with van der Waals surface area (Å²) in [5, 5.41) is 13.8. The van der Waals surface area contributed by atoms with Crippen molar-refractivity contribution in [1.82, 2.24) is 5.32 Å². The molecule has 0 amide bonds. The Morgan fingerprint density at radius 3 is 2.30 bits per heavy atom. The van der Waals surface area contributed by atoms with Crippen LogP contribution < -0.4 is 5.32 Å². The summed E-state index contributed by atoms with van der Waals surface area (Å²) >= 11 is 0. The van der Waals surface area contributed by atoms with E-state index >= 15 is 0 Å². The van der Waals surface area contributed by atoms with Gasteiger partial charge in [0.2, 0.25) is 5.82 Å². The lowest BCUT2D eigenvalue weighted by molar-refractivity contribution is -0.387. The van der Waals surface area contributed by atoms with E-state index in [0.717, 1.165) is 12.1 Å². The first-order valence-electron chi connectivity index (χ1n) is 6.96. The predicted octanol–water partition coefficient (Wildman–Crippen LogP) is 3.75. The van der Waals surface area contributed by atoms with Gasteiger partial charge in [-0.15, -0.1) is 0 Å². The van der Waals surface area contributed by atoms with Crippen molar-refractivity contribution in [2.45, 2.75) is 34.2 Å². The molecule has 0 aliphatic heterocycles. The minimum atomic E-state index is -0.779. The lowest BCUT2D eigenvalue weighted by Gasteiger charge is -2.25. The maximum absolute atomic E-state index is 13.5. The SMILES string of the molecule is CC(C)C(CNCc1ccc([N+](=O)[O-])c(F)c1)C(C)C. The molecule has 1 aromatic rings. The number of hydrogen-bond acceptors (Lipinski definition) is 3. The van der Waals surface area contributed by atoms with Gasteiger partial charge in [-0.1, -0.05) is 33.8 Å². The summed E-state index contributed by atoms with van der Waals surface area (Å²) < 4.78 is 13.5. The largest absolute Gasteiger partial charge is 0.312 e. The highest BCUT2D eigenvalue weighted by Crippen LogP contribution is 2.20. The Labute approximate surface area is 119 Å². The van der Waals surface area contributed by atoms with Gasteiger partial charge in [-0.05, 0) is 35.9 Å². The van der Waals surface area contributed by atoms with Crippen LogP contribution in [0.3, 0.4) is 0 Å². The van der Waals surface area contributed by atoms with E-state index in [-0.39, 0.29) is 0 Å². The number of nitro benzene ring substituents is 1. The topological polar surface area (TPSA) is 55.2 Å². The normalized spacial score (nSPS) is 11.6. The molecule has 0 bridgehead atoms. The van der Waals surface area contributed by atoms with Gasteiger partial charge in [0.15, 0.2) is 0 Å². The molecule has 0 saturated heterocycles. The van der Waals surface area contributed by atoms with Gasteiger partial charge in [-0.3, -0.25) is 10.1 Å². The molecule has 0 spiro atoms. The number of nitrogens with zero attached hydrogens (tertiary/aromatic N) is 1. The average molecular weight is 282 g/mol. The molecule has 0 aromatic heterocycles. The van der Waals surface area contributed by atoms with Crippen LogP contribution in [0, 0.1) is 33.7 Å². The van der Waals surface area contributed by atoms with Crippen LogP contribution in [0.5, 0.6) is 0 Å². The van der Waals surface area contributed by atoms with E-state index < -0.39 is 16.4 Å². The maximum atomic E-state index is 13.5. The molecule has 0 aliphatic carbocycles. The van der Waals surface area contributed by atoms with Gasteiger partial charge in [0.25, 0.3) is 0 Å². The zero-order valence-electron chi connectivity index (χ0n) is 12.5. The van der Waals surface area contributed by atoms with Crippen LogP contribution in [-0.2, 0) is 6.54 Å². The van der Waals surface area contributed by atoms with E-state index in [2.05, 4.69) is 33.0 Å². The third-order valence-corrected chi connectivity index (χ3v) is 3.63. The molecule has 0 saturated carbocycles. The molecule has 0 radical (unpaired) electrons. The molecule has 20 heavy (non-hydrogen) atoms. The second-order valence-corrected chi connectivity index (χ2v) is 5.83. The van der Waals surface area contributed by atoms with E-state index in [0.29, 0.717) is 24.3 Å².